The van der Waals surface area contributed by atoms with Gasteiger partial charge in [-0.25, -0.2) is 0 Å². The Balaban J connectivity index is 1.30. The molecule has 0 radical (unpaired) electrons. The summed E-state index contributed by atoms with van der Waals surface area (Å²) in [6, 6.07) is 40.0. The van der Waals surface area contributed by atoms with E-state index in [1.165, 1.54) is 0 Å². The fourth-order valence-corrected chi connectivity index (χ4v) is 13.0. The SMILES string of the molecule is Cc1cccc(C2=CC(C3CCCNC3)C(CCc3cccnc3)(C(=O)C3(CCc4cccnc4)C=C(C(=O)c4ccccc4)C(c4cccc(C)c4C)=CC3C3CCCNC3)C=C2C(=O)c2ccccc2)c1C. The van der Waals surface area contributed by atoms with Gasteiger partial charge in [0.2, 0.25) is 0 Å². The van der Waals surface area contributed by atoms with Crippen LogP contribution >= 0.6 is 0 Å². The Morgan fingerprint density at radius 3 is 1.34 bits per heavy atom. The Morgan fingerprint density at radius 2 is 0.959 bits per heavy atom. The molecule has 2 fully saturated rings. The molecule has 2 N–H and O–H groups in total. The Bertz CT molecular complexity index is 2920. The normalized spacial score (nSPS) is 23.9. The van der Waals surface area contributed by atoms with Gasteiger partial charge in [-0.3, -0.25) is 24.4 Å². The van der Waals surface area contributed by atoms with Crippen LogP contribution < -0.4 is 10.6 Å². The minimum Gasteiger partial charge on any atom is -0.316 e. The van der Waals surface area contributed by atoms with Crippen molar-refractivity contribution in [1.82, 2.24) is 20.6 Å². The van der Waals surface area contributed by atoms with Crippen LogP contribution in [0.2, 0.25) is 0 Å². The lowest BCUT2D eigenvalue weighted by Gasteiger charge is -2.53. The third-order valence-corrected chi connectivity index (χ3v) is 17.2. The summed E-state index contributed by atoms with van der Waals surface area (Å²) in [6.45, 7) is 11.9. The summed E-state index contributed by atoms with van der Waals surface area (Å²) in [6.07, 6.45) is 22.3. The number of nitrogens with one attached hydrogen (secondary N) is 2. The number of rotatable bonds is 16. The summed E-state index contributed by atoms with van der Waals surface area (Å²) < 4.78 is 0. The Hall–Kier alpha value is -6.93. The fraction of sp³-hybridized carbons (Fsp3) is 0.328. The van der Waals surface area contributed by atoms with Gasteiger partial charge in [0.15, 0.2) is 17.3 Å². The van der Waals surface area contributed by atoms with Gasteiger partial charge < -0.3 is 10.6 Å². The Morgan fingerprint density at radius 1 is 0.527 bits per heavy atom. The van der Waals surface area contributed by atoms with Crippen LogP contribution in [0.25, 0.3) is 11.1 Å². The molecule has 10 rings (SSSR count). The highest BCUT2D eigenvalue weighted by Crippen LogP contribution is 2.59. The number of benzene rings is 4. The number of nitrogens with zero attached hydrogens (tertiary/aromatic N) is 2. The second-order valence-corrected chi connectivity index (χ2v) is 21.6. The van der Waals surface area contributed by atoms with Crippen molar-refractivity contribution in [3.05, 3.63) is 237 Å². The Kier molecular flexibility index (Phi) is 15.2. The van der Waals surface area contributed by atoms with E-state index in [9.17, 15) is 0 Å². The van der Waals surface area contributed by atoms with E-state index < -0.39 is 10.8 Å². The monoisotopic (exact) mass is 979 g/mol. The van der Waals surface area contributed by atoms with Crippen LogP contribution in [0.4, 0.5) is 0 Å². The first-order chi connectivity index (χ1) is 36.1. The van der Waals surface area contributed by atoms with Crippen molar-refractivity contribution in [1.29, 1.82) is 0 Å². The molecule has 0 amide bonds. The van der Waals surface area contributed by atoms with E-state index in [-0.39, 0.29) is 41.0 Å². The molecule has 0 saturated carbocycles. The number of ketones is 3. The van der Waals surface area contributed by atoms with Crippen molar-refractivity contribution in [2.75, 3.05) is 26.2 Å². The molecule has 2 aliphatic heterocycles. The minimum absolute atomic E-state index is 0.0653. The van der Waals surface area contributed by atoms with Crippen molar-refractivity contribution < 1.29 is 14.4 Å². The zero-order valence-electron chi connectivity index (χ0n) is 43.6. The summed E-state index contributed by atoms with van der Waals surface area (Å²) in [5.74, 6) is -0.629. The summed E-state index contributed by atoms with van der Waals surface area (Å²) >= 11 is 0. The number of hydrogen-bond donors (Lipinski definition) is 2. The van der Waals surface area contributed by atoms with Crippen LogP contribution in [0, 0.1) is 62.2 Å². The molecule has 4 aliphatic rings. The van der Waals surface area contributed by atoms with Gasteiger partial charge in [-0.15, -0.1) is 0 Å². The molecule has 2 aromatic heterocycles. The van der Waals surface area contributed by atoms with Crippen LogP contribution in [-0.2, 0) is 17.6 Å². The van der Waals surface area contributed by atoms with E-state index >= 15 is 14.4 Å². The van der Waals surface area contributed by atoms with Crippen LogP contribution in [0.3, 0.4) is 0 Å². The van der Waals surface area contributed by atoms with E-state index in [0.717, 1.165) is 108 Å². The van der Waals surface area contributed by atoms with Gasteiger partial charge in [0, 0.05) is 47.1 Å². The zero-order valence-corrected chi connectivity index (χ0v) is 43.6. The maximum Gasteiger partial charge on any atom is 0.193 e. The fourth-order valence-electron chi connectivity index (χ4n) is 13.0. The molecule has 0 bridgehead atoms. The van der Waals surface area contributed by atoms with Crippen molar-refractivity contribution in [2.24, 2.45) is 34.5 Å². The number of piperidine rings is 2. The first-order valence-electron chi connectivity index (χ1n) is 27.0. The van der Waals surface area contributed by atoms with Crippen LogP contribution in [0.1, 0.15) is 104 Å². The highest BCUT2D eigenvalue weighted by molar-refractivity contribution is 6.22. The molecule has 0 spiro atoms. The molecule has 6 aromatic rings. The average molecular weight is 979 g/mol. The van der Waals surface area contributed by atoms with E-state index in [4.69, 9.17) is 0 Å². The number of hydrogen-bond acceptors (Lipinski definition) is 7. The molecular weight excluding hydrogens is 909 g/mol. The predicted octanol–water partition coefficient (Wildman–Crippen LogP) is 12.9. The summed E-state index contributed by atoms with van der Waals surface area (Å²) in [5, 5.41) is 7.54. The maximum absolute atomic E-state index is 18.2. The molecule has 4 aromatic carbocycles. The lowest BCUT2D eigenvalue weighted by atomic mass is 9.49. The van der Waals surface area contributed by atoms with E-state index in [0.29, 0.717) is 48.0 Å². The average Bonchev–Trinajstić information content (AvgIpc) is 3.51. The molecule has 74 heavy (non-hydrogen) atoms. The molecule has 4 heterocycles. The van der Waals surface area contributed by atoms with Crippen molar-refractivity contribution in [2.45, 2.75) is 79.1 Å². The molecule has 2 aliphatic carbocycles. The van der Waals surface area contributed by atoms with Crippen LogP contribution in [0.15, 0.2) is 182 Å². The quantitative estimate of drug-likeness (QED) is 0.0932. The molecule has 7 heteroatoms. The smallest absolute Gasteiger partial charge is 0.193 e. The third kappa shape index (κ3) is 10.0. The van der Waals surface area contributed by atoms with Crippen molar-refractivity contribution in [3.8, 4) is 0 Å². The number of aryl methyl sites for hydroxylation is 4. The second-order valence-electron chi connectivity index (χ2n) is 21.6. The van der Waals surface area contributed by atoms with Gasteiger partial charge in [0.1, 0.15) is 0 Å². The highest BCUT2D eigenvalue weighted by atomic mass is 16.1. The van der Waals surface area contributed by atoms with Gasteiger partial charge in [-0.05, 0) is 197 Å². The third-order valence-electron chi connectivity index (χ3n) is 17.2. The topological polar surface area (TPSA) is 101 Å². The van der Waals surface area contributed by atoms with Crippen molar-refractivity contribution >= 4 is 28.5 Å². The number of Topliss-reactive ketones (excluding diaryl/α,β-unsaturated/α-hetero) is 3. The lowest BCUT2D eigenvalue weighted by molar-refractivity contribution is -0.141. The van der Waals surface area contributed by atoms with Gasteiger partial charge in [0.05, 0.1) is 10.8 Å². The highest BCUT2D eigenvalue weighted by Gasteiger charge is 2.59. The zero-order chi connectivity index (χ0) is 51.2. The van der Waals surface area contributed by atoms with Gasteiger partial charge in [-0.2, -0.15) is 0 Å². The first kappa shape index (κ1) is 50.6. The number of carbonyl (C=O) groups is 3. The van der Waals surface area contributed by atoms with Crippen LogP contribution in [-0.4, -0.2) is 53.5 Å². The van der Waals surface area contributed by atoms with Gasteiger partial charge >= 0.3 is 0 Å². The standard InChI is InChI=1S/C67H70N4O3/c1-45-17-11-27-55(47(45)3)57-37-61(53-25-15-35-70-43-53)66(31-29-49-19-13-33-68-41-49,39-59(57)63(72)51-21-7-5-8-22-51)65(74)67(32-30-50-20-14-34-69-42-50)40-60(64(73)52-23-9-6-10-24-52)58(56-28-12-18-46(2)48(56)4)38-62(67)54-26-16-36-71-44-54/h5-14,17-24,27-28,33-34,37-42,53-54,61-62,70-71H,15-16,25-26,29-32,35-36,43-44H2,1-4H3. The molecule has 376 valence electrons. The Labute approximate surface area is 438 Å². The number of pyridine rings is 2. The molecule has 6 unspecified atom stereocenters. The van der Waals surface area contributed by atoms with E-state index in [1.807, 2.05) is 85.2 Å². The molecule has 2 saturated heterocycles. The predicted molar refractivity (Wildman–Crippen MR) is 299 cm³/mol. The minimum atomic E-state index is -1.22. The first-order valence-corrected chi connectivity index (χ1v) is 27.0. The number of allylic oxidation sites excluding steroid dienone is 8. The number of aromatic nitrogens is 2. The summed E-state index contributed by atoms with van der Waals surface area (Å²) in [4.78, 5) is 58.9. The van der Waals surface area contributed by atoms with Crippen LogP contribution in [0.5, 0.6) is 0 Å². The van der Waals surface area contributed by atoms with E-state index in [1.54, 1.807) is 12.4 Å². The summed E-state index contributed by atoms with van der Waals surface area (Å²) in [5.41, 5.74) is 10.2. The molecule has 7 nitrogen and oxygen atoms in total. The van der Waals surface area contributed by atoms with Gasteiger partial charge in [-0.1, -0.05) is 133 Å². The molecular formula is C67H70N4O3. The van der Waals surface area contributed by atoms with E-state index in [2.05, 4.69) is 121 Å². The number of carbonyl (C=O) groups excluding carboxylic acids is 3. The maximum atomic E-state index is 18.2. The van der Waals surface area contributed by atoms with Gasteiger partial charge in [0.25, 0.3) is 0 Å². The molecule has 6 atom stereocenters. The largest absolute Gasteiger partial charge is 0.316 e. The summed E-state index contributed by atoms with van der Waals surface area (Å²) in [7, 11) is 0. The van der Waals surface area contributed by atoms with Crippen molar-refractivity contribution in [3.63, 3.8) is 0 Å². The lowest BCUT2D eigenvalue weighted by Crippen LogP contribution is -2.56. The second kappa shape index (κ2) is 22.3.